The first-order valence-corrected chi connectivity index (χ1v) is 9.24. The van der Waals surface area contributed by atoms with Crippen molar-refractivity contribution >= 4 is 28.3 Å². The summed E-state index contributed by atoms with van der Waals surface area (Å²) in [5.74, 6) is -0.790. The van der Waals surface area contributed by atoms with Gasteiger partial charge in [-0.15, -0.1) is 0 Å². The quantitative estimate of drug-likeness (QED) is 0.479. The number of nitrogen functional groups attached to an aromatic ring is 1. The highest BCUT2D eigenvalue weighted by Gasteiger charge is 2.21. The van der Waals surface area contributed by atoms with Gasteiger partial charge in [0.2, 0.25) is 0 Å². The van der Waals surface area contributed by atoms with Crippen LogP contribution in [0.1, 0.15) is 24.5 Å². The summed E-state index contributed by atoms with van der Waals surface area (Å²) in [6.07, 6.45) is 3.79. The third-order valence-electron chi connectivity index (χ3n) is 4.47. The second-order valence-electron chi connectivity index (χ2n) is 6.47. The molecule has 10 heteroatoms. The normalized spacial score (nSPS) is 12.2. The van der Waals surface area contributed by atoms with Gasteiger partial charge in [-0.05, 0) is 32.0 Å². The maximum absolute atomic E-state index is 14.6. The van der Waals surface area contributed by atoms with Crippen molar-refractivity contribution in [2.45, 2.75) is 20.0 Å². The molecule has 0 saturated carbocycles. The van der Waals surface area contributed by atoms with E-state index in [-0.39, 0.29) is 22.6 Å². The fourth-order valence-corrected chi connectivity index (χ4v) is 3.18. The van der Waals surface area contributed by atoms with Gasteiger partial charge in [0, 0.05) is 11.8 Å². The van der Waals surface area contributed by atoms with E-state index in [1.807, 2.05) is 0 Å². The molecule has 0 fully saturated rings. The fourth-order valence-electron chi connectivity index (χ4n) is 3.02. The van der Waals surface area contributed by atoms with Crippen LogP contribution in [0.3, 0.4) is 0 Å². The Morgan fingerprint density at radius 3 is 2.67 bits per heavy atom. The van der Waals surface area contributed by atoms with Crippen LogP contribution in [-0.4, -0.2) is 24.9 Å². The van der Waals surface area contributed by atoms with Crippen LogP contribution in [0.25, 0.3) is 22.2 Å². The van der Waals surface area contributed by atoms with Gasteiger partial charge in [-0.2, -0.15) is 0 Å². The molecule has 0 aliphatic rings. The SMILES string of the molecule is Cc1nccc(C(C)Oc2cnc(-c3ccc(F)c(Cl)c3F)c3ncnc(N)c23)n1. The first-order chi connectivity index (χ1) is 14.4. The van der Waals surface area contributed by atoms with E-state index in [1.165, 1.54) is 18.6 Å². The predicted molar refractivity (Wildman–Crippen MR) is 108 cm³/mol. The minimum Gasteiger partial charge on any atom is -0.482 e. The summed E-state index contributed by atoms with van der Waals surface area (Å²) in [5.41, 5.74) is 7.09. The summed E-state index contributed by atoms with van der Waals surface area (Å²) in [6.45, 7) is 3.58. The third kappa shape index (κ3) is 3.48. The van der Waals surface area contributed by atoms with E-state index >= 15 is 0 Å². The standard InChI is InChI=1S/C20H15ClF2N6O/c1-9(13-5-6-25-10(2)29-13)30-14-7-26-18(19-15(14)20(24)28-8-27-19)11-3-4-12(22)16(21)17(11)23/h3-9H,1-2H3,(H2,24,27,28). The minimum absolute atomic E-state index is 0.0180. The summed E-state index contributed by atoms with van der Waals surface area (Å²) >= 11 is 5.72. The first kappa shape index (κ1) is 19.8. The van der Waals surface area contributed by atoms with Gasteiger partial charge in [0.25, 0.3) is 0 Å². The lowest BCUT2D eigenvalue weighted by Crippen LogP contribution is -2.08. The van der Waals surface area contributed by atoms with Crippen molar-refractivity contribution in [1.82, 2.24) is 24.9 Å². The van der Waals surface area contributed by atoms with Gasteiger partial charge < -0.3 is 10.5 Å². The highest BCUT2D eigenvalue weighted by Crippen LogP contribution is 2.37. The molecule has 1 aromatic carbocycles. The lowest BCUT2D eigenvalue weighted by atomic mass is 10.1. The molecule has 0 bridgehead atoms. The Kier molecular flexibility index (Phi) is 5.13. The number of halogens is 3. The Bertz CT molecular complexity index is 1270. The molecule has 0 spiro atoms. The van der Waals surface area contributed by atoms with E-state index in [1.54, 1.807) is 26.1 Å². The number of hydrogen-bond donors (Lipinski definition) is 1. The van der Waals surface area contributed by atoms with Crippen LogP contribution >= 0.6 is 11.6 Å². The van der Waals surface area contributed by atoms with Gasteiger partial charge in [-0.1, -0.05) is 11.6 Å². The van der Waals surface area contributed by atoms with Gasteiger partial charge in [-0.25, -0.2) is 33.7 Å². The number of aryl methyl sites for hydroxylation is 1. The molecular formula is C20H15ClF2N6O. The number of ether oxygens (including phenoxy) is 1. The van der Waals surface area contributed by atoms with Gasteiger partial charge in [0.15, 0.2) is 11.6 Å². The summed E-state index contributed by atoms with van der Waals surface area (Å²) in [6, 6.07) is 4.03. The van der Waals surface area contributed by atoms with Gasteiger partial charge in [0.1, 0.15) is 40.4 Å². The maximum Gasteiger partial charge on any atom is 0.154 e. The molecule has 0 amide bonds. The second kappa shape index (κ2) is 7.75. The number of nitrogens with two attached hydrogens (primary N) is 1. The molecule has 0 saturated heterocycles. The topological polar surface area (TPSA) is 99.7 Å². The van der Waals surface area contributed by atoms with Crippen molar-refractivity contribution in [3.05, 3.63) is 65.1 Å². The van der Waals surface area contributed by atoms with E-state index in [2.05, 4.69) is 24.9 Å². The number of rotatable bonds is 4. The smallest absolute Gasteiger partial charge is 0.154 e. The Labute approximate surface area is 175 Å². The molecule has 3 aromatic heterocycles. The molecule has 0 aliphatic carbocycles. The number of nitrogens with zero attached hydrogens (tertiary/aromatic N) is 5. The number of pyridine rings is 1. The fraction of sp³-hybridized carbons (Fsp3) is 0.150. The highest BCUT2D eigenvalue weighted by atomic mass is 35.5. The van der Waals surface area contributed by atoms with Crippen molar-refractivity contribution in [2.75, 3.05) is 5.73 Å². The molecule has 1 unspecified atom stereocenters. The van der Waals surface area contributed by atoms with E-state index in [4.69, 9.17) is 22.1 Å². The van der Waals surface area contributed by atoms with Crippen LogP contribution in [0.15, 0.2) is 36.9 Å². The van der Waals surface area contributed by atoms with Crippen molar-refractivity contribution in [3.63, 3.8) is 0 Å². The van der Waals surface area contributed by atoms with Gasteiger partial charge in [0.05, 0.1) is 23.0 Å². The Balaban J connectivity index is 1.85. The number of aromatic nitrogens is 5. The Morgan fingerprint density at radius 1 is 1.10 bits per heavy atom. The van der Waals surface area contributed by atoms with Crippen molar-refractivity contribution < 1.29 is 13.5 Å². The highest BCUT2D eigenvalue weighted by molar-refractivity contribution is 6.31. The largest absolute Gasteiger partial charge is 0.482 e. The molecule has 3 heterocycles. The van der Waals surface area contributed by atoms with Crippen LogP contribution in [0, 0.1) is 18.6 Å². The molecule has 30 heavy (non-hydrogen) atoms. The molecule has 0 aliphatic heterocycles. The van der Waals surface area contributed by atoms with E-state index in [0.29, 0.717) is 22.7 Å². The number of hydrogen-bond acceptors (Lipinski definition) is 7. The second-order valence-corrected chi connectivity index (χ2v) is 6.84. The monoisotopic (exact) mass is 428 g/mol. The molecule has 4 aromatic rings. The number of fused-ring (bicyclic) bond motifs is 1. The van der Waals surface area contributed by atoms with E-state index < -0.39 is 22.8 Å². The molecule has 7 nitrogen and oxygen atoms in total. The molecule has 1 atom stereocenters. The molecule has 152 valence electrons. The molecule has 0 radical (unpaired) electrons. The molecular weight excluding hydrogens is 414 g/mol. The average molecular weight is 429 g/mol. The molecule has 2 N–H and O–H groups in total. The number of benzene rings is 1. The summed E-state index contributed by atoms with van der Waals surface area (Å²) in [5, 5.41) is -0.280. The van der Waals surface area contributed by atoms with E-state index in [0.717, 1.165) is 6.07 Å². The third-order valence-corrected chi connectivity index (χ3v) is 4.81. The first-order valence-electron chi connectivity index (χ1n) is 8.86. The lowest BCUT2D eigenvalue weighted by molar-refractivity contribution is 0.223. The van der Waals surface area contributed by atoms with Crippen LogP contribution in [0.5, 0.6) is 5.75 Å². The maximum atomic E-state index is 14.6. The Morgan fingerprint density at radius 2 is 1.90 bits per heavy atom. The van der Waals surface area contributed by atoms with Crippen molar-refractivity contribution in [3.8, 4) is 17.0 Å². The van der Waals surface area contributed by atoms with Gasteiger partial charge in [-0.3, -0.25) is 0 Å². The molecule has 4 rings (SSSR count). The van der Waals surface area contributed by atoms with Crippen LogP contribution in [-0.2, 0) is 0 Å². The van der Waals surface area contributed by atoms with Crippen LogP contribution in [0.2, 0.25) is 5.02 Å². The zero-order chi connectivity index (χ0) is 21.4. The summed E-state index contributed by atoms with van der Waals surface area (Å²) < 4.78 is 34.2. The number of anilines is 1. The zero-order valence-electron chi connectivity index (χ0n) is 15.9. The summed E-state index contributed by atoms with van der Waals surface area (Å²) in [7, 11) is 0. The average Bonchev–Trinajstić information content (AvgIpc) is 2.73. The van der Waals surface area contributed by atoms with Crippen molar-refractivity contribution in [2.24, 2.45) is 0 Å². The Hall–Kier alpha value is -3.46. The zero-order valence-corrected chi connectivity index (χ0v) is 16.7. The van der Waals surface area contributed by atoms with E-state index in [9.17, 15) is 8.78 Å². The lowest BCUT2D eigenvalue weighted by Gasteiger charge is -2.17. The predicted octanol–water partition coefficient (Wildman–Crippen LogP) is 4.44. The van der Waals surface area contributed by atoms with Crippen LogP contribution < -0.4 is 10.5 Å². The minimum atomic E-state index is -0.943. The summed E-state index contributed by atoms with van der Waals surface area (Å²) in [4.78, 5) is 20.9. The van der Waals surface area contributed by atoms with Gasteiger partial charge >= 0.3 is 0 Å². The van der Waals surface area contributed by atoms with Crippen LogP contribution in [0.4, 0.5) is 14.6 Å². The van der Waals surface area contributed by atoms with Crippen molar-refractivity contribution in [1.29, 1.82) is 0 Å².